The Labute approximate surface area is 246 Å². The molecule has 1 aromatic carbocycles. The smallest absolute Gasteiger partial charge is 0.323 e. The number of carboxylic acids is 1. The molecule has 0 unspecified atom stereocenters. The maximum atomic E-state index is 12.9. The van der Waals surface area contributed by atoms with E-state index in [-0.39, 0.29) is 11.4 Å². The molecule has 13 heteroatoms. The van der Waals surface area contributed by atoms with Crippen molar-refractivity contribution in [1.82, 2.24) is 19.7 Å². The van der Waals surface area contributed by atoms with Gasteiger partial charge in [0.2, 0.25) is 10.0 Å². The zero-order chi connectivity index (χ0) is 29.7. The van der Waals surface area contributed by atoms with Gasteiger partial charge in [-0.05, 0) is 68.0 Å². The van der Waals surface area contributed by atoms with Gasteiger partial charge in [-0.25, -0.2) is 23.4 Å². The van der Waals surface area contributed by atoms with Crippen molar-refractivity contribution in [2.24, 2.45) is 0 Å². The number of aryl methyl sites for hydroxylation is 1. The number of ether oxygens (including phenoxy) is 1. The third-order valence-electron chi connectivity index (χ3n) is 7.84. The van der Waals surface area contributed by atoms with Crippen LogP contribution in [0.3, 0.4) is 0 Å². The van der Waals surface area contributed by atoms with Crippen LogP contribution in [0.1, 0.15) is 48.9 Å². The number of nitrogens with zero attached hydrogens (tertiary/aromatic N) is 4. The van der Waals surface area contributed by atoms with Crippen LogP contribution in [0.25, 0.3) is 0 Å². The van der Waals surface area contributed by atoms with Gasteiger partial charge in [0.25, 0.3) is 0 Å². The van der Waals surface area contributed by atoms with Crippen molar-refractivity contribution in [1.29, 1.82) is 0 Å². The monoisotopic (exact) mass is 595 g/mol. The molecule has 0 amide bonds. The molecule has 1 saturated heterocycles. The van der Waals surface area contributed by atoms with Gasteiger partial charge in [-0.3, -0.25) is 4.79 Å². The molecule has 3 aromatic rings. The van der Waals surface area contributed by atoms with Gasteiger partial charge in [-0.2, -0.15) is 4.72 Å². The summed E-state index contributed by atoms with van der Waals surface area (Å²) in [5.41, 5.74) is 3.27. The van der Waals surface area contributed by atoms with Crippen molar-refractivity contribution >= 4 is 33.4 Å². The van der Waals surface area contributed by atoms with Gasteiger partial charge in [0.05, 0.1) is 12.0 Å². The van der Waals surface area contributed by atoms with Gasteiger partial charge in [0, 0.05) is 43.4 Å². The predicted octanol–water partition coefficient (Wildman–Crippen LogP) is 3.03. The lowest BCUT2D eigenvalue weighted by molar-refractivity contribution is -0.138. The minimum atomic E-state index is -4.08. The average Bonchev–Trinajstić information content (AvgIpc) is 3.02. The van der Waals surface area contributed by atoms with E-state index >= 15 is 0 Å². The highest BCUT2D eigenvalue weighted by molar-refractivity contribution is 7.89. The second kappa shape index (κ2) is 12.9. The van der Waals surface area contributed by atoms with Crippen LogP contribution in [-0.2, 0) is 27.7 Å². The first-order valence-electron chi connectivity index (χ1n) is 14.2. The molecule has 2 aromatic heterocycles. The van der Waals surface area contributed by atoms with Crippen LogP contribution < -0.4 is 25.0 Å². The number of aromatic nitrogens is 3. The fourth-order valence-corrected chi connectivity index (χ4v) is 6.69. The molecule has 0 radical (unpaired) electrons. The highest BCUT2D eigenvalue weighted by Crippen LogP contribution is 2.33. The summed E-state index contributed by atoms with van der Waals surface area (Å²) < 4.78 is 33.1. The van der Waals surface area contributed by atoms with Crippen LogP contribution in [-0.4, -0.2) is 73.8 Å². The molecule has 4 heterocycles. The summed E-state index contributed by atoms with van der Waals surface area (Å²) in [6, 6.07) is 8.67. The van der Waals surface area contributed by atoms with Crippen molar-refractivity contribution in [3.63, 3.8) is 0 Å². The first kappa shape index (κ1) is 29.5. The number of nitrogens with one attached hydrogen (secondary N) is 3. The predicted molar refractivity (Wildman–Crippen MR) is 160 cm³/mol. The maximum absolute atomic E-state index is 12.9. The van der Waals surface area contributed by atoms with E-state index in [1.807, 2.05) is 6.92 Å². The van der Waals surface area contributed by atoms with Crippen LogP contribution in [0.5, 0.6) is 5.75 Å². The van der Waals surface area contributed by atoms with Crippen molar-refractivity contribution in [2.75, 3.05) is 48.8 Å². The third kappa shape index (κ3) is 6.57. The van der Waals surface area contributed by atoms with Gasteiger partial charge < -0.3 is 25.4 Å². The van der Waals surface area contributed by atoms with E-state index in [1.165, 1.54) is 43.3 Å². The number of pyridine rings is 1. The molecule has 1 atom stereocenters. The molecule has 224 valence electrons. The number of carboxylic acid groups (broad SMARTS) is 1. The molecular weight excluding hydrogens is 558 g/mol. The largest absolute Gasteiger partial charge is 0.497 e. The Morgan fingerprint density at radius 3 is 2.62 bits per heavy atom. The molecule has 12 nitrogen and oxygen atoms in total. The van der Waals surface area contributed by atoms with E-state index < -0.39 is 22.0 Å². The summed E-state index contributed by atoms with van der Waals surface area (Å²) in [5.74, 6) is 1.87. The van der Waals surface area contributed by atoms with Crippen LogP contribution >= 0.6 is 0 Å². The van der Waals surface area contributed by atoms with Crippen molar-refractivity contribution in [3.05, 3.63) is 59.5 Å². The topological polar surface area (TPSA) is 159 Å². The molecule has 0 bridgehead atoms. The van der Waals surface area contributed by atoms with Crippen LogP contribution in [0.4, 0.5) is 17.5 Å². The van der Waals surface area contributed by atoms with Crippen molar-refractivity contribution < 1.29 is 23.1 Å². The quantitative estimate of drug-likeness (QED) is 0.258. The summed E-state index contributed by atoms with van der Waals surface area (Å²) in [6.07, 6.45) is 6.16. The number of hydrogen-bond donors (Lipinski definition) is 4. The number of carbonyl (C=O) groups is 1. The highest BCUT2D eigenvalue weighted by atomic mass is 32.2. The van der Waals surface area contributed by atoms with E-state index in [0.29, 0.717) is 23.9 Å². The lowest BCUT2D eigenvalue weighted by atomic mass is 9.92. The average molecular weight is 596 g/mol. The lowest BCUT2D eigenvalue weighted by Crippen LogP contribution is -2.45. The highest BCUT2D eigenvalue weighted by Gasteiger charge is 2.28. The summed E-state index contributed by atoms with van der Waals surface area (Å²) in [6.45, 7) is 4.37. The summed E-state index contributed by atoms with van der Waals surface area (Å²) in [4.78, 5) is 28.0. The van der Waals surface area contributed by atoms with Gasteiger partial charge in [-0.1, -0.05) is 13.0 Å². The number of benzene rings is 1. The van der Waals surface area contributed by atoms with Gasteiger partial charge in [0.1, 0.15) is 35.6 Å². The Balaban J connectivity index is 1.24. The Hall–Kier alpha value is -3.97. The normalized spacial score (nSPS) is 16.3. The van der Waals surface area contributed by atoms with E-state index in [0.717, 1.165) is 68.2 Å². The summed E-state index contributed by atoms with van der Waals surface area (Å²) in [5, 5.41) is 16.3. The van der Waals surface area contributed by atoms with Gasteiger partial charge in [-0.15, -0.1) is 0 Å². The number of fused-ring (bicyclic) bond motifs is 1. The van der Waals surface area contributed by atoms with Crippen LogP contribution in [0.15, 0.2) is 47.6 Å². The number of methoxy groups -OCH3 is 1. The Morgan fingerprint density at radius 1 is 1.17 bits per heavy atom. The molecule has 0 spiro atoms. The fraction of sp³-hybridized carbons (Fsp3) is 0.448. The van der Waals surface area contributed by atoms with Crippen LogP contribution in [0.2, 0.25) is 0 Å². The van der Waals surface area contributed by atoms with E-state index in [4.69, 9.17) is 9.72 Å². The fourth-order valence-electron chi connectivity index (χ4n) is 5.50. The molecule has 42 heavy (non-hydrogen) atoms. The summed E-state index contributed by atoms with van der Waals surface area (Å²) in [7, 11) is -2.61. The summed E-state index contributed by atoms with van der Waals surface area (Å²) >= 11 is 0. The number of rotatable bonds is 11. The van der Waals surface area contributed by atoms with Crippen molar-refractivity contribution in [3.8, 4) is 5.75 Å². The number of piperidine rings is 1. The Kier molecular flexibility index (Phi) is 9.07. The lowest BCUT2D eigenvalue weighted by Gasteiger charge is -2.34. The maximum Gasteiger partial charge on any atom is 0.323 e. The minimum absolute atomic E-state index is 0.0571. The molecule has 4 N–H and O–H groups in total. The van der Waals surface area contributed by atoms with Gasteiger partial charge >= 0.3 is 5.97 Å². The first-order valence-corrected chi connectivity index (χ1v) is 15.7. The molecule has 5 rings (SSSR count). The standard InChI is InChI=1S/C29H37N7O5S/c1-3-23-27(31-17-25(29(37)38)35-42(39,40)22-9-7-21(41-2)8-10-22)32-18-33-28(23)36-15-12-19(13-16-36)24-11-6-20-5-4-14-30-26(20)34-24/h6-11,18-19,25,35H,3-5,12-17H2,1-2H3,(H,30,34)(H,37,38)(H,31,32,33)/t25-/m0/s1. The molecule has 2 aliphatic heterocycles. The Bertz CT molecular complexity index is 1510. The van der Waals surface area contributed by atoms with Crippen molar-refractivity contribution in [2.45, 2.75) is 55.9 Å². The zero-order valence-electron chi connectivity index (χ0n) is 23.8. The molecular formula is C29H37N7O5S. The number of sulfonamides is 1. The number of hydrogen-bond acceptors (Lipinski definition) is 10. The second-order valence-corrected chi connectivity index (χ2v) is 12.2. The second-order valence-electron chi connectivity index (χ2n) is 10.5. The SMILES string of the molecule is CCc1c(NC[C@H](NS(=O)(=O)c2ccc(OC)cc2)C(=O)O)ncnc1N1CCC(c2ccc3c(n2)NCCC3)CC1. The first-order chi connectivity index (χ1) is 20.3. The van der Waals surface area contributed by atoms with Crippen LogP contribution in [0, 0.1) is 0 Å². The molecule has 0 saturated carbocycles. The molecule has 2 aliphatic rings. The zero-order valence-corrected chi connectivity index (χ0v) is 24.7. The van der Waals surface area contributed by atoms with Gasteiger partial charge in [0.15, 0.2) is 0 Å². The molecule has 0 aliphatic carbocycles. The number of anilines is 3. The van der Waals surface area contributed by atoms with E-state index in [9.17, 15) is 18.3 Å². The van der Waals surface area contributed by atoms with E-state index in [1.54, 1.807) is 0 Å². The molecule has 1 fully saturated rings. The number of aliphatic carboxylic acids is 1. The van der Waals surface area contributed by atoms with E-state index in [2.05, 4.69) is 42.4 Å². The minimum Gasteiger partial charge on any atom is -0.497 e. The third-order valence-corrected chi connectivity index (χ3v) is 9.33. The Morgan fingerprint density at radius 2 is 1.93 bits per heavy atom.